The van der Waals surface area contributed by atoms with Gasteiger partial charge in [-0.15, -0.1) is 0 Å². The van der Waals surface area contributed by atoms with Crippen molar-refractivity contribution in [1.82, 2.24) is 0 Å². The number of rotatable bonds is 4. The summed E-state index contributed by atoms with van der Waals surface area (Å²) in [5, 5.41) is 3.55. The minimum atomic E-state index is -0.255. The van der Waals surface area contributed by atoms with Crippen molar-refractivity contribution in [2.75, 3.05) is 23.4 Å². The first-order chi connectivity index (χ1) is 9.50. The van der Waals surface area contributed by atoms with Crippen LogP contribution in [0.2, 0.25) is 0 Å². The fraction of sp³-hybridized carbons (Fsp3) is 0.562. The lowest BCUT2D eigenvalue weighted by Crippen LogP contribution is -2.35. The highest BCUT2D eigenvalue weighted by Crippen LogP contribution is 2.34. The highest BCUT2D eigenvalue weighted by Gasteiger charge is 2.28. The van der Waals surface area contributed by atoms with Gasteiger partial charge >= 0.3 is 5.97 Å². The molecule has 1 atom stereocenters. The minimum Gasteiger partial charge on any atom is -0.462 e. The molecule has 0 amide bonds. The molecule has 1 aromatic rings. The molecular formula is C16H23NO2S. The molecule has 1 saturated heterocycles. The Balaban J connectivity index is 2.02. The number of carbonyl (C=O) groups is 1. The molecule has 20 heavy (non-hydrogen) atoms. The topological polar surface area (TPSA) is 38.3 Å². The van der Waals surface area contributed by atoms with Crippen LogP contribution in [0.5, 0.6) is 0 Å². The number of esters is 1. The van der Waals surface area contributed by atoms with Gasteiger partial charge in [-0.1, -0.05) is 19.9 Å². The molecular weight excluding hydrogens is 270 g/mol. The second kappa shape index (κ2) is 6.53. The molecule has 4 heteroatoms. The van der Waals surface area contributed by atoms with Gasteiger partial charge in [-0.25, -0.2) is 4.79 Å². The summed E-state index contributed by atoms with van der Waals surface area (Å²) in [4.78, 5) is 11.7. The first kappa shape index (κ1) is 15.2. The van der Waals surface area contributed by atoms with Crippen LogP contribution in [-0.2, 0) is 4.74 Å². The lowest BCUT2D eigenvalue weighted by molar-refractivity contribution is 0.0526. The maximum atomic E-state index is 11.7. The summed E-state index contributed by atoms with van der Waals surface area (Å²) < 4.78 is 5.04. The summed E-state index contributed by atoms with van der Waals surface area (Å²) in [6, 6.07) is 8.04. The monoisotopic (exact) mass is 293 g/mol. The average molecular weight is 293 g/mol. The van der Waals surface area contributed by atoms with Gasteiger partial charge in [-0.3, -0.25) is 0 Å². The van der Waals surface area contributed by atoms with Gasteiger partial charge in [0.1, 0.15) is 0 Å². The van der Waals surface area contributed by atoms with Crippen molar-refractivity contribution in [2.24, 2.45) is 5.41 Å². The molecule has 110 valence electrons. The van der Waals surface area contributed by atoms with E-state index in [-0.39, 0.29) is 5.97 Å². The molecule has 1 N–H and O–H groups in total. The third-order valence-corrected chi connectivity index (χ3v) is 4.98. The van der Waals surface area contributed by atoms with Crippen molar-refractivity contribution in [3.05, 3.63) is 29.8 Å². The van der Waals surface area contributed by atoms with E-state index in [1.807, 2.05) is 36.9 Å². The van der Waals surface area contributed by atoms with Crippen LogP contribution in [0.1, 0.15) is 37.6 Å². The molecule has 1 fully saturated rings. The van der Waals surface area contributed by atoms with Gasteiger partial charge < -0.3 is 10.1 Å². The predicted octanol–water partition coefficient (Wildman–Crippen LogP) is 3.81. The van der Waals surface area contributed by atoms with Crippen molar-refractivity contribution < 1.29 is 9.53 Å². The van der Waals surface area contributed by atoms with Crippen LogP contribution in [0.4, 0.5) is 5.69 Å². The molecule has 0 spiro atoms. The lowest BCUT2D eigenvalue weighted by Gasteiger charge is -2.35. The number of thioether (sulfide) groups is 1. The number of hydrogen-bond acceptors (Lipinski definition) is 4. The van der Waals surface area contributed by atoms with E-state index >= 15 is 0 Å². The fourth-order valence-electron chi connectivity index (χ4n) is 2.54. The molecule has 1 aliphatic heterocycles. The number of nitrogens with one attached hydrogen (secondary N) is 1. The maximum absolute atomic E-state index is 11.7. The molecule has 1 aromatic carbocycles. The average Bonchev–Trinajstić information content (AvgIpc) is 2.38. The van der Waals surface area contributed by atoms with Crippen LogP contribution in [-0.4, -0.2) is 30.1 Å². The summed E-state index contributed by atoms with van der Waals surface area (Å²) in [5.41, 5.74) is 1.98. The molecule has 1 heterocycles. The van der Waals surface area contributed by atoms with Gasteiger partial charge in [-0.2, -0.15) is 11.8 Å². The first-order valence-corrected chi connectivity index (χ1v) is 8.27. The number of carbonyl (C=O) groups excluding carboxylic acids is 1. The summed E-state index contributed by atoms with van der Waals surface area (Å²) >= 11 is 1.99. The maximum Gasteiger partial charge on any atom is 0.338 e. The van der Waals surface area contributed by atoms with Crippen LogP contribution in [0, 0.1) is 5.41 Å². The van der Waals surface area contributed by atoms with Gasteiger partial charge in [0.05, 0.1) is 12.2 Å². The van der Waals surface area contributed by atoms with E-state index in [1.165, 1.54) is 5.75 Å². The van der Waals surface area contributed by atoms with E-state index in [0.717, 1.165) is 17.9 Å². The predicted molar refractivity (Wildman–Crippen MR) is 85.5 cm³/mol. The second-order valence-corrected chi connectivity index (χ2v) is 7.06. The van der Waals surface area contributed by atoms with Crippen molar-refractivity contribution in [3.8, 4) is 0 Å². The van der Waals surface area contributed by atoms with E-state index in [0.29, 0.717) is 23.6 Å². The quantitative estimate of drug-likeness (QED) is 0.857. The Hall–Kier alpha value is -1.16. The number of benzene rings is 1. The molecule has 0 saturated carbocycles. The number of hydrogen-bond donors (Lipinski definition) is 1. The van der Waals surface area contributed by atoms with Crippen molar-refractivity contribution >= 4 is 23.4 Å². The van der Waals surface area contributed by atoms with E-state index in [4.69, 9.17) is 4.74 Å². The molecule has 3 nitrogen and oxygen atoms in total. The van der Waals surface area contributed by atoms with Gasteiger partial charge in [0, 0.05) is 17.5 Å². The standard InChI is InChI=1S/C16H23NO2S/c1-4-19-15(18)12-6-5-7-13(8-12)17-14-9-16(2,3)11-20-10-14/h5-8,14,17H,4,9-11H2,1-3H3. The SMILES string of the molecule is CCOC(=O)c1cccc(NC2CSCC(C)(C)C2)c1. The van der Waals surface area contributed by atoms with Gasteiger partial charge in [0.2, 0.25) is 0 Å². The van der Waals surface area contributed by atoms with Crippen LogP contribution >= 0.6 is 11.8 Å². The van der Waals surface area contributed by atoms with Crippen LogP contribution in [0.25, 0.3) is 0 Å². The Labute approximate surface area is 125 Å². The highest BCUT2D eigenvalue weighted by molar-refractivity contribution is 7.99. The summed E-state index contributed by atoms with van der Waals surface area (Å²) in [6.07, 6.45) is 1.16. The molecule has 1 aliphatic rings. The van der Waals surface area contributed by atoms with Crippen molar-refractivity contribution in [3.63, 3.8) is 0 Å². The van der Waals surface area contributed by atoms with Crippen molar-refractivity contribution in [2.45, 2.75) is 33.2 Å². The third kappa shape index (κ3) is 4.17. The van der Waals surface area contributed by atoms with E-state index in [2.05, 4.69) is 19.2 Å². The lowest BCUT2D eigenvalue weighted by atomic mass is 9.88. The third-order valence-electron chi connectivity index (χ3n) is 3.36. The Morgan fingerprint density at radius 2 is 2.30 bits per heavy atom. The zero-order valence-electron chi connectivity index (χ0n) is 12.4. The van der Waals surface area contributed by atoms with Crippen LogP contribution in [0.3, 0.4) is 0 Å². The largest absolute Gasteiger partial charge is 0.462 e. The second-order valence-electron chi connectivity index (χ2n) is 6.03. The van der Waals surface area contributed by atoms with E-state index in [9.17, 15) is 4.79 Å². The van der Waals surface area contributed by atoms with Crippen LogP contribution in [0.15, 0.2) is 24.3 Å². The van der Waals surface area contributed by atoms with Crippen LogP contribution < -0.4 is 5.32 Å². The molecule has 0 radical (unpaired) electrons. The van der Waals surface area contributed by atoms with E-state index in [1.54, 1.807) is 6.07 Å². The molecule has 0 aromatic heterocycles. The van der Waals surface area contributed by atoms with Gasteiger partial charge in [0.25, 0.3) is 0 Å². The minimum absolute atomic E-state index is 0.255. The Morgan fingerprint density at radius 1 is 1.50 bits per heavy atom. The van der Waals surface area contributed by atoms with Gasteiger partial charge in [-0.05, 0) is 42.7 Å². The number of anilines is 1. The Morgan fingerprint density at radius 3 is 3.00 bits per heavy atom. The van der Waals surface area contributed by atoms with Gasteiger partial charge in [0.15, 0.2) is 0 Å². The zero-order chi connectivity index (χ0) is 14.6. The highest BCUT2D eigenvalue weighted by atomic mass is 32.2. The molecule has 0 bridgehead atoms. The smallest absolute Gasteiger partial charge is 0.338 e. The molecule has 1 unspecified atom stereocenters. The Kier molecular flexibility index (Phi) is 4.97. The Bertz CT molecular complexity index is 473. The molecule has 2 rings (SSSR count). The molecule has 0 aliphatic carbocycles. The zero-order valence-corrected chi connectivity index (χ0v) is 13.3. The first-order valence-electron chi connectivity index (χ1n) is 7.12. The summed E-state index contributed by atoms with van der Waals surface area (Å²) in [5.74, 6) is 2.08. The summed E-state index contributed by atoms with van der Waals surface area (Å²) in [6.45, 7) is 6.84. The fourth-order valence-corrected chi connectivity index (χ4v) is 3.82. The normalized spacial score (nSPS) is 21.2. The number of ether oxygens (including phenoxy) is 1. The summed E-state index contributed by atoms with van der Waals surface area (Å²) in [7, 11) is 0. The van der Waals surface area contributed by atoms with Crippen molar-refractivity contribution in [1.29, 1.82) is 0 Å². The van der Waals surface area contributed by atoms with E-state index < -0.39 is 0 Å².